The first-order chi connectivity index (χ1) is 12.8. The number of carbonyl (C=O) groups excluding carboxylic acids is 2. The van der Waals surface area contributed by atoms with Crippen molar-refractivity contribution in [2.45, 2.75) is 57.5 Å². The van der Waals surface area contributed by atoms with E-state index in [9.17, 15) is 18.4 Å². The molecule has 0 radical (unpaired) electrons. The molecule has 1 aromatic rings. The van der Waals surface area contributed by atoms with Crippen molar-refractivity contribution in [3.8, 4) is 0 Å². The van der Waals surface area contributed by atoms with Gasteiger partial charge in [0.15, 0.2) is 0 Å². The molecule has 2 amide bonds. The van der Waals surface area contributed by atoms with E-state index >= 15 is 0 Å². The summed E-state index contributed by atoms with van der Waals surface area (Å²) in [6, 6.07) is 2.97. The Hall–Kier alpha value is -1.98. The zero-order valence-corrected chi connectivity index (χ0v) is 15.6. The summed E-state index contributed by atoms with van der Waals surface area (Å²) in [5, 5.41) is 3.02. The fourth-order valence-electron chi connectivity index (χ4n) is 6.12. The number of fused-ring (bicyclic) bond motifs is 1. The third-order valence-corrected chi connectivity index (χ3v) is 7.52. The van der Waals surface area contributed by atoms with Gasteiger partial charge in [0.05, 0.1) is 11.6 Å². The molecule has 0 aromatic heterocycles. The van der Waals surface area contributed by atoms with Crippen LogP contribution in [-0.4, -0.2) is 33.4 Å². The minimum absolute atomic E-state index is 0.00999. The second-order valence-electron chi connectivity index (χ2n) is 9.25. The molecule has 1 saturated heterocycles. The van der Waals surface area contributed by atoms with Crippen molar-refractivity contribution in [2.75, 3.05) is 0 Å². The molecule has 5 unspecified atom stereocenters. The van der Waals surface area contributed by atoms with Gasteiger partial charge in [-0.3, -0.25) is 9.59 Å². The topological polar surface area (TPSA) is 40.6 Å². The van der Waals surface area contributed by atoms with Crippen LogP contribution in [0.1, 0.15) is 56.3 Å². The largest absolute Gasteiger partial charge is 0.276 e. The first kappa shape index (κ1) is 17.1. The Kier molecular flexibility index (Phi) is 3.50. The van der Waals surface area contributed by atoms with Crippen molar-refractivity contribution in [1.82, 2.24) is 10.0 Å². The molecule has 6 heteroatoms. The molecule has 4 nitrogen and oxygen atoms in total. The molecule has 4 aliphatic rings. The number of nitrogens with zero attached hydrogens (tertiary/aromatic N) is 2. The summed E-state index contributed by atoms with van der Waals surface area (Å²) in [6.07, 6.45) is 5.58. The van der Waals surface area contributed by atoms with Gasteiger partial charge in [0.25, 0.3) is 11.8 Å². The van der Waals surface area contributed by atoms with E-state index in [1.807, 2.05) is 0 Å². The smallest absolute Gasteiger partial charge is 0.270 e. The fraction of sp³-hybridized carbons (Fsp3) is 0.619. The summed E-state index contributed by atoms with van der Waals surface area (Å²) in [6.45, 7) is 3.38. The van der Waals surface area contributed by atoms with Crippen LogP contribution in [0.15, 0.2) is 18.2 Å². The Morgan fingerprint density at radius 2 is 1.81 bits per heavy atom. The highest BCUT2D eigenvalue weighted by molar-refractivity contribution is 6.04. The van der Waals surface area contributed by atoms with Gasteiger partial charge in [-0.05, 0) is 81.8 Å². The van der Waals surface area contributed by atoms with E-state index in [1.165, 1.54) is 11.4 Å². The molecule has 3 saturated carbocycles. The molecule has 5 rings (SSSR count). The Labute approximate surface area is 157 Å². The van der Waals surface area contributed by atoms with Crippen molar-refractivity contribution >= 4 is 11.8 Å². The van der Waals surface area contributed by atoms with Crippen molar-refractivity contribution in [2.24, 2.45) is 23.7 Å². The lowest BCUT2D eigenvalue weighted by atomic mass is 9.64. The van der Waals surface area contributed by atoms with Crippen LogP contribution in [0.5, 0.6) is 0 Å². The van der Waals surface area contributed by atoms with Gasteiger partial charge in [0.1, 0.15) is 17.2 Å². The molecule has 2 bridgehead atoms. The third kappa shape index (κ3) is 2.25. The highest BCUT2D eigenvalue weighted by atomic mass is 19.1. The van der Waals surface area contributed by atoms with Crippen LogP contribution in [-0.2, 0) is 4.79 Å². The maximum Gasteiger partial charge on any atom is 0.276 e. The first-order valence-corrected chi connectivity index (χ1v) is 9.92. The molecule has 27 heavy (non-hydrogen) atoms. The monoisotopic (exact) mass is 374 g/mol. The van der Waals surface area contributed by atoms with Gasteiger partial charge >= 0.3 is 0 Å². The maximum absolute atomic E-state index is 14.2. The lowest BCUT2D eigenvalue weighted by Crippen LogP contribution is -2.79. The van der Waals surface area contributed by atoms with Crippen molar-refractivity contribution in [3.05, 3.63) is 35.4 Å². The molecular weight excluding hydrogens is 350 g/mol. The Balaban J connectivity index is 1.46. The summed E-state index contributed by atoms with van der Waals surface area (Å²) in [4.78, 5) is 26.0. The van der Waals surface area contributed by atoms with Crippen LogP contribution >= 0.6 is 0 Å². The average molecular weight is 374 g/mol. The molecule has 1 aromatic carbocycles. The summed E-state index contributed by atoms with van der Waals surface area (Å²) in [5.74, 6) is 0.504. The standard InChI is InChI=1S/C21H24F2N2O2/c1-21(2)20(27)24(18-6-3-11-7-12-8-13(18)9-16(11)12)25(21)19(26)15-5-4-14(22)10-17(15)23/h4-5,10-13,16,18H,3,6-9H2,1-2H3. The second kappa shape index (κ2) is 5.52. The van der Waals surface area contributed by atoms with E-state index in [4.69, 9.17) is 0 Å². The van der Waals surface area contributed by atoms with Crippen molar-refractivity contribution in [3.63, 3.8) is 0 Å². The van der Waals surface area contributed by atoms with Crippen LogP contribution in [0.2, 0.25) is 0 Å². The second-order valence-corrected chi connectivity index (χ2v) is 9.25. The molecule has 4 fully saturated rings. The molecule has 0 N–H and O–H groups in total. The predicted octanol–water partition coefficient (Wildman–Crippen LogP) is 3.77. The third-order valence-electron chi connectivity index (χ3n) is 7.52. The van der Waals surface area contributed by atoms with E-state index in [0.717, 1.165) is 55.6 Å². The van der Waals surface area contributed by atoms with Gasteiger partial charge in [-0.25, -0.2) is 18.8 Å². The van der Waals surface area contributed by atoms with Gasteiger partial charge in [0.2, 0.25) is 0 Å². The number of carbonyl (C=O) groups is 2. The van der Waals surface area contributed by atoms with Crippen molar-refractivity contribution < 1.29 is 18.4 Å². The van der Waals surface area contributed by atoms with Gasteiger partial charge in [-0.2, -0.15) is 0 Å². The van der Waals surface area contributed by atoms with Gasteiger partial charge in [-0.1, -0.05) is 0 Å². The molecule has 1 heterocycles. The van der Waals surface area contributed by atoms with Crippen LogP contribution < -0.4 is 0 Å². The lowest BCUT2D eigenvalue weighted by molar-refractivity contribution is -0.213. The number of halogens is 2. The van der Waals surface area contributed by atoms with Gasteiger partial charge in [-0.15, -0.1) is 0 Å². The fourth-order valence-corrected chi connectivity index (χ4v) is 6.12. The molecule has 5 atom stereocenters. The van der Waals surface area contributed by atoms with Gasteiger partial charge in [0, 0.05) is 6.07 Å². The number of hydrogen-bond donors (Lipinski definition) is 0. The Bertz CT molecular complexity index is 839. The Morgan fingerprint density at radius 1 is 1.07 bits per heavy atom. The SMILES string of the molecule is CC1(C)C(=O)N(C2CCC3CC4CC2CC34)N1C(=O)c1ccc(F)cc1F. The lowest BCUT2D eigenvalue weighted by Gasteiger charge is -2.59. The molecule has 0 spiro atoms. The summed E-state index contributed by atoms with van der Waals surface area (Å²) in [5.41, 5.74) is -1.20. The number of hydrogen-bond acceptors (Lipinski definition) is 2. The summed E-state index contributed by atoms with van der Waals surface area (Å²) >= 11 is 0. The highest BCUT2D eigenvalue weighted by Gasteiger charge is 2.61. The van der Waals surface area contributed by atoms with E-state index < -0.39 is 23.1 Å². The predicted molar refractivity (Wildman–Crippen MR) is 94.3 cm³/mol. The minimum Gasteiger partial charge on any atom is -0.270 e. The molecule has 1 aliphatic heterocycles. The van der Waals surface area contributed by atoms with E-state index in [0.29, 0.717) is 12.0 Å². The maximum atomic E-state index is 14.2. The van der Waals surface area contributed by atoms with E-state index in [-0.39, 0.29) is 17.5 Å². The van der Waals surface area contributed by atoms with Crippen LogP contribution in [0.3, 0.4) is 0 Å². The minimum atomic E-state index is -1.01. The first-order valence-electron chi connectivity index (χ1n) is 9.92. The normalized spacial score (nSPS) is 36.1. The molecule has 144 valence electrons. The van der Waals surface area contributed by atoms with Crippen LogP contribution in [0.25, 0.3) is 0 Å². The number of amides is 2. The highest BCUT2D eigenvalue weighted by Crippen LogP contribution is 2.59. The number of benzene rings is 1. The van der Waals surface area contributed by atoms with E-state index in [2.05, 4.69) is 0 Å². The van der Waals surface area contributed by atoms with Crippen molar-refractivity contribution in [1.29, 1.82) is 0 Å². The zero-order valence-electron chi connectivity index (χ0n) is 15.6. The van der Waals surface area contributed by atoms with E-state index in [1.54, 1.807) is 18.9 Å². The average Bonchev–Trinajstić information content (AvgIpc) is 2.83. The number of hydrazine groups is 1. The van der Waals surface area contributed by atoms with Crippen LogP contribution in [0.4, 0.5) is 8.78 Å². The number of rotatable bonds is 2. The molecule has 3 aliphatic carbocycles. The summed E-state index contributed by atoms with van der Waals surface area (Å²) < 4.78 is 27.5. The van der Waals surface area contributed by atoms with Crippen LogP contribution in [0, 0.1) is 35.3 Å². The quantitative estimate of drug-likeness (QED) is 0.791. The zero-order chi connectivity index (χ0) is 19.1. The Morgan fingerprint density at radius 3 is 2.56 bits per heavy atom. The van der Waals surface area contributed by atoms with Gasteiger partial charge < -0.3 is 0 Å². The summed E-state index contributed by atoms with van der Waals surface area (Å²) in [7, 11) is 0. The molecular formula is C21H24F2N2O2.